The molecule has 0 saturated heterocycles. The highest BCUT2D eigenvalue weighted by molar-refractivity contribution is 4.54. The van der Waals surface area contributed by atoms with Crippen LogP contribution in [0.4, 0.5) is 0 Å². The highest BCUT2D eigenvalue weighted by atomic mass is 16.5. The Balaban J connectivity index is 3.35. The van der Waals surface area contributed by atoms with Crippen molar-refractivity contribution in [2.24, 2.45) is 10.8 Å². The number of nitrogens with zero attached hydrogens (tertiary/aromatic N) is 3. The summed E-state index contributed by atoms with van der Waals surface area (Å²) in [6.07, 6.45) is 2.05. The van der Waals surface area contributed by atoms with Gasteiger partial charge in [-0.3, -0.25) is 0 Å². The maximum atomic E-state index is 8.06. The lowest BCUT2D eigenvalue weighted by molar-refractivity contribution is 0.0118. The third kappa shape index (κ3) is 9.73. The van der Waals surface area contributed by atoms with Crippen LogP contribution in [0, 0.1) is 0 Å². The molecule has 0 aromatic carbocycles. The zero-order valence-corrected chi connectivity index (χ0v) is 10.1. The Kier molecular flexibility index (Phi) is 10.2. The molecule has 2 unspecified atom stereocenters. The molecule has 6 nitrogen and oxygen atoms in total. The Bertz CT molecular complexity index is 207. The van der Waals surface area contributed by atoms with E-state index in [1.54, 1.807) is 0 Å². The van der Waals surface area contributed by atoms with Crippen LogP contribution in [0.25, 0.3) is 10.4 Å². The van der Waals surface area contributed by atoms with Crippen LogP contribution < -0.4 is 5.73 Å². The molecule has 0 aliphatic heterocycles. The van der Waals surface area contributed by atoms with Gasteiger partial charge in [0.05, 0.1) is 18.8 Å². The number of hydrogen-bond donors (Lipinski definition) is 1. The van der Waals surface area contributed by atoms with Crippen LogP contribution in [0.2, 0.25) is 0 Å². The van der Waals surface area contributed by atoms with E-state index in [9.17, 15) is 0 Å². The largest absolute Gasteiger partial charge is 0.378 e. The van der Waals surface area contributed by atoms with Gasteiger partial charge in [0.25, 0.3) is 0 Å². The first-order chi connectivity index (χ1) is 7.70. The molecule has 6 heteroatoms. The van der Waals surface area contributed by atoms with Crippen molar-refractivity contribution in [1.82, 2.24) is 0 Å². The van der Waals surface area contributed by atoms with Crippen molar-refractivity contribution >= 4 is 0 Å². The van der Waals surface area contributed by atoms with Crippen LogP contribution >= 0.6 is 0 Å². The molecule has 0 heterocycles. The van der Waals surface area contributed by atoms with Gasteiger partial charge in [-0.05, 0) is 38.8 Å². The summed E-state index contributed by atoms with van der Waals surface area (Å²) in [6.45, 7) is 6.16. The first-order valence-corrected chi connectivity index (χ1v) is 5.64. The highest BCUT2D eigenvalue weighted by Crippen LogP contribution is 2.01. The predicted octanol–water partition coefficient (Wildman–Crippen LogP) is 1.85. The molecule has 0 rings (SSSR count). The normalized spacial score (nSPS) is 14.2. The Labute approximate surface area is 96.7 Å². The van der Waals surface area contributed by atoms with Crippen LogP contribution in [0.15, 0.2) is 5.11 Å². The van der Waals surface area contributed by atoms with Crippen LogP contribution in [-0.2, 0) is 9.47 Å². The fraction of sp³-hybridized carbons (Fsp3) is 1.00. The summed E-state index contributed by atoms with van der Waals surface area (Å²) in [7, 11) is 0. The van der Waals surface area contributed by atoms with Gasteiger partial charge < -0.3 is 15.2 Å². The van der Waals surface area contributed by atoms with E-state index in [0.717, 1.165) is 12.8 Å². The van der Waals surface area contributed by atoms with Gasteiger partial charge in [-0.15, -0.1) is 0 Å². The third-order valence-corrected chi connectivity index (χ3v) is 2.16. The minimum atomic E-state index is 0.124. The topological polar surface area (TPSA) is 93.2 Å². The Morgan fingerprint density at radius 2 is 1.81 bits per heavy atom. The molecular formula is C10H22N4O2. The van der Waals surface area contributed by atoms with Gasteiger partial charge in [0.2, 0.25) is 0 Å². The molecule has 2 atom stereocenters. The van der Waals surface area contributed by atoms with E-state index in [1.165, 1.54) is 0 Å². The first-order valence-electron chi connectivity index (χ1n) is 5.64. The number of ether oxygens (including phenoxy) is 2. The van der Waals surface area contributed by atoms with Gasteiger partial charge in [0, 0.05) is 18.1 Å². The lowest BCUT2D eigenvalue weighted by Crippen LogP contribution is -2.18. The summed E-state index contributed by atoms with van der Waals surface area (Å²) in [5.41, 5.74) is 13.5. The van der Waals surface area contributed by atoms with Gasteiger partial charge in [-0.2, -0.15) is 0 Å². The van der Waals surface area contributed by atoms with Crippen LogP contribution in [-0.4, -0.2) is 38.5 Å². The van der Waals surface area contributed by atoms with Crippen molar-refractivity contribution in [2.45, 2.75) is 38.9 Å². The summed E-state index contributed by atoms with van der Waals surface area (Å²) >= 11 is 0. The van der Waals surface area contributed by atoms with Crippen molar-refractivity contribution < 1.29 is 9.47 Å². The Hall–Kier alpha value is -0.810. The lowest BCUT2D eigenvalue weighted by Gasteiger charge is -2.15. The fourth-order valence-corrected chi connectivity index (χ4v) is 1.18. The van der Waals surface area contributed by atoms with Crippen LogP contribution in [0.5, 0.6) is 0 Å². The van der Waals surface area contributed by atoms with Crippen molar-refractivity contribution in [3.8, 4) is 0 Å². The third-order valence-electron chi connectivity index (χ3n) is 2.16. The minimum Gasteiger partial charge on any atom is -0.378 e. The summed E-state index contributed by atoms with van der Waals surface area (Å²) < 4.78 is 11.0. The second kappa shape index (κ2) is 10.7. The van der Waals surface area contributed by atoms with Crippen molar-refractivity contribution in [3.63, 3.8) is 0 Å². The quantitative estimate of drug-likeness (QED) is 0.268. The summed E-state index contributed by atoms with van der Waals surface area (Å²) in [5, 5.41) is 3.39. The van der Waals surface area contributed by atoms with Crippen molar-refractivity contribution in [2.75, 3.05) is 26.3 Å². The highest BCUT2D eigenvalue weighted by Gasteiger charge is 2.04. The summed E-state index contributed by atoms with van der Waals surface area (Å²) in [6, 6.07) is 0. The maximum Gasteiger partial charge on any atom is 0.0568 e. The van der Waals surface area contributed by atoms with Gasteiger partial charge >= 0.3 is 0 Å². The van der Waals surface area contributed by atoms with Crippen LogP contribution in [0.1, 0.15) is 26.7 Å². The molecule has 0 spiro atoms. The molecule has 0 aromatic rings. The number of rotatable bonds is 10. The molecule has 0 fully saturated rings. The average molecular weight is 230 g/mol. The van der Waals surface area contributed by atoms with Crippen LogP contribution in [0.3, 0.4) is 0 Å². The van der Waals surface area contributed by atoms with Crippen molar-refractivity contribution in [1.29, 1.82) is 0 Å². The van der Waals surface area contributed by atoms with E-state index in [0.29, 0.717) is 26.3 Å². The first kappa shape index (κ1) is 15.2. The van der Waals surface area contributed by atoms with E-state index in [4.69, 9.17) is 20.7 Å². The average Bonchev–Trinajstić information content (AvgIpc) is 2.25. The SMILES string of the molecule is CC(CCN)OCCC(C)OCCN=[N+]=[N-]. The molecule has 16 heavy (non-hydrogen) atoms. The molecule has 0 aromatic heterocycles. The summed E-state index contributed by atoms with van der Waals surface area (Å²) in [5.74, 6) is 0. The molecule has 0 aliphatic carbocycles. The zero-order chi connectivity index (χ0) is 12.2. The molecule has 2 N–H and O–H groups in total. The van der Waals surface area contributed by atoms with E-state index >= 15 is 0 Å². The smallest absolute Gasteiger partial charge is 0.0568 e. The maximum absolute atomic E-state index is 8.06. The monoisotopic (exact) mass is 230 g/mol. The number of hydrogen-bond acceptors (Lipinski definition) is 4. The zero-order valence-electron chi connectivity index (χ0n) is 10.1. The minimum absolute atomic E-state index is 0.124. The van der Waals surface area contributed by atoms with E-state index in [-0.39, 0.29) is 12.2 Å². The molecule has 0 bridgehead atoms. The number of nitrogens with two attached hydrogens (primary N) is 1. The number of azide groups is 1. The van der Waals surface area contributed by atoms with E-state index in [2.05, 4.69) is 10.0 Å². The second-order valence-corrected chi connectivity index (χ2v) is 3.68. The Morgan fingerprint density at radius 1 is 1.19 bits per heavy atom. The summed E-state index contributed by atoms with van der Waals surface area (Å²) in [4.78, 5) is 2.65. The van der Waals surface area contributed by atoms with Gasteiger partial charge in [0.15, 0.2) is 0 Å². The standard InChI is InChI=1S/C10H22N4O2/c1-9(3-5-11)15-7-4-10(2)16-8-6-13-14-12/h9-10H,3-8,11H2,1-2H3. The lowest BCUT2D eigenvalue weighted by atomic mass is 10.2. The molecule has 0 radical (unpaired) electrons. The fourth-order valence-electron chi connectivity index (χ4n) is 1.18. The molecule has 0 saturated carbocycles. The van der Waals surface area contributed by atoms with E-state index in [1.807, 2.05) is 13.8 Å². The van der Waals surface area contributed by atoms with Crippen molar-refractivity contribution in [3.05, 3.63) is 10.4 Å². The van der Waals surface area contributed by atoms with Gasteiger partial charge in [0.1, 0.15) is 0 Å². The molecule has 0 amide bonds. The molecular weight excluding hydrogens is 208 g/mol. The molecule has 0 aliphatic rings. The van der Waals surface area contributed by atoms with E-state index < -0.39 is 0 Å². The predicted molar refractivity (Wildman–Crippen MR) is 63.1 cm³/mol. The second-order valence-electron chi connectivity index (χ2n) is 3.68. The molecule has 94 valence electrons. The van der Waals surface area contributed by atoms with Gasteiger partial charge in [-0.1, -0.05) is 5.11 Å². The van der Waals surface area contributed by atoms with Gasteiger partial charge in [-0.25, -0.2) is 0 Å². The Morgan fingerprint density at radius 3 is 2.44 bits per heavy atom.